The highest BCUT2D eigenvalue weighted by Gasteiger charge is 2.11. The van der Waals surface area contributed by atoms with Crippen LogP contribution < -0.4 is 20.1 Å². The third-order valence-electron chi connectivity index (χ3n) is 3.45. The zero-order valence-electron chi connectivity index (χ0n) is 15.0. The van der Waals surface area contributed by atoms with E-state index < -0.39 is 0 Å². The second kappa shape index (κ2) is 11.0. The lowest BCUT2D eigenvalue weighted by Crippen LogP contribution is -2.31. The van der Waals surface area contributed by atoms with Crippen LogP contribution in [0.3, 0.4) is 0 Å². The molecule has 2 rings (SSSR count). The van der Waals surface area contributed by atoms with Gasteiger partial charge in [-0.3, -0.25) is 9.79 Å². The van der Waals surface area contributed by atoms with Gasteiger partial charge in [-0.05, 0) is 19.1 Å². The maximum Gasteiger partial charge on any atom is 0.223 e. The van der Waals surface area contributed by atoms with Gasteiger partial charge in [0.1, 0.15) is 0 Å². The van der Waals surface area contributed by atoms with Crippen molar-refractivity contribution in [2.45, 2.75) is 19.8 Å². The number of hydrogen-bond acceptors (Lipinski definition) is 4. The second-order valence-electron chi connectivity index (χ2n) is 5.64. The number of nitrogens with zero attached hydrogens (tertiary/aromatic N) is 2. The van der Waals surface area contributed by atoms with Gasteiger partial charge in [0.2, 0.25) is 5.91 Å². The number of fused-ring (bicyclic) bond motifs is 1. The average molecular weight is 462 g/mol. The van der Waals surface area contributed by atoms with Crippen molar-refractivity contribution in [1.82, 2.24) is 10.2 Å². The van der Waals surface area contributed by atoms with Gasteiger partial charge in [0.25, 0.3) is 0 Å². The number of hydrogen-bond donors (Lipinski definition) is 2. The Kier molecular flexibility index (Phi) is 9.40. The quantitative estimate of drug-likeness (QED) is 0.399. The Hall–Kier alpha value is -1.71. The highest BCUT2D eigenvalue weighted by molar-refractivity contribution is 14.0. The summed E-state index contributed by atoms with van der Waals surface area (Å²) in [5.41, 5.74) is 0.859. The van der Waals surface area contributed by atoms with Gasteiger partial charge in [-0.2, -0.15) is 0 Å². The van der Waals surface area contributed by atoms with Crippen LogP contribution in [0.1, 0.15) is 19.8 Å². The molecular formula is C17H27IN4O3. The van der Waals surface area contributed by atoms with Crippen molar-refractivity contribution in [1.29, 1.82) is 0 Å². The van der Waals surface area contributed by atoms with E-state index in [4.69, 9.17) is 9.47 Å². The minimum absolute atomic E-state index is 0. The number of guanidine groups is 1. The van der Waals surface area contributed by atoms with E-state index in [0.29, 0.717) is 32.1 Å². The molecule has 0 fully saturated rings. The van der Waals surface area contributed by atoms with E-state index in [0.717, 1.165) is 30.2 Å². The third kappa shape index (κ3) is 6.97. The topological polar surface area (TPSA) is 75.2 Å². The second-order valence-corrected chi connectivity index (χ2v) is 5.64. The number of carbonyl (C=O) groups excluding carboxylic acids is 1. The fourth-order valence-electron chi connectivity index (χ4n) is 2.17. The van der Waals surface area contributed by atoms with E-state index in [1.807, 2.05) is 25.1 Å². The van der Waals surface area contributed by atoms with Crippen molar-refractivity contribution in [2.75, 3.05) is 45.7 Å². The Labute approximate surface area is 166 Å². The number of ether oxygens (including phenoxy) is 2. The van der Waals surface area contributed by atoms with Crippen molar-refractivity contribution in [2.24, 2.45) is 4.99 Å². The summed E-state index contributed by atoms with van der Waals surface area (Å²) in [6, 6.07) is 5.71. The van der Waals surface area contributed by atoms with Crippen LogP contribution in [0.2, 0.25) is 0 Å². The highest BCUT2D eigenvalue weighted by atomic mass is 127. The van der Waals surface area contributed by atoms with E-state index >= 15 is 0 Å². The van der Waals surface area contributed by atoms with Crippen molar-refractivity contribution in [3.63, 3.8) is 0 Å². The monoisotopic (exact) mass is 462 g/mol. The third-order valence-corrected chi connectivity index (χ3v) is 3.45. The first-order chi connectivity index (χ1) is 11.6. The van der Waals surface area contributed by atoms with E-state index in [-0.39, 0.29) is 29.9 Å². The molecule has 0 aromatic heterocycles. The molecule has 7 nitrogen and oxygen atoms in total. The molecule has 0 aliphatic carbocycles. The van der Waals surface area contributed by atoms with Crippen LogP contribution in [0.4, 0.5) is 5.69 Å². The number of anilines is 1. The number of amides is 1. The zero-order chi connectivity index (χ0) is 17.4. The Morgan fingerprint density at radius 3 is 2.64 bits per heavy atom. The molecule has 0 unspecified atom stereocenters. The van der Waals surface area contributed by atoms with Gasteiger partial charge in [0, 0.05) is 45.2 Å². The Balaban J connectivity index is 0.00000312. The van der Waals surface area contributed by atoms with Crippen LogP contribution in [0.15, 0.2) is 23.2 Å². The Bertz CT molecular complexity index is 593. The molecule has 0 radical (unpaired) electrons. The lowest BCUT2D eigenvalue weighted by atomic mass is 10.2. The summed E-state index contributed by atoms with van der Waals surface area (Å²) < 4.78 is 11.3. The summed E-state index contributed by atoms with van der Waals surface area (Å²) in [5.74, 6) is 2.19. The molecule has 1 aromatic rings. The first-order valence-electron chi connectivity index (χ1n) is 8.25. The summed E-state index contributed by atoms with van der Waals surface area (Å²) in [7, 11) is 3.49. The Morgan fingerprint density at radius 2 is 1.96 bits per heavy atom. The van der Waals surface area contributed by atoms with Crippen molar-refractivity contribution in [3.05, 3.63) is 18.2 Å². The van der Waals surface area contributed by atoms with Crippen LogP contribution in [0.5, 0.6) is 11.5 Å². The van der Waals surface area contributed by atoms with Gasteiger partial charge in [-0.1, -0.05) is 0 Å². The molecule has 0 bridgehead atoms. The van der Waals surface area contributed by atoms with Crippen LogP contribution in [-0.2, 0) is 4.79 Å². The van der Waals surface area contributed by atoms with Gasteiger partial charge < -0.3 is 25.0 Å². The maximum absolute atomic E-state index is 11.6. The van der Waals surface area contributed by atoms with E-state index in [1.165, 1.54) is 0 Å². The van der Waals surface area contributed by atoms with Gasteiger partial charge in [-0.25, -0.2) is 0 Å². The van der Waals surface area contributed by atoms with Crippen LogP contribution in [0.25, 0.3) is 0 Å². The molecule has 8 heteroatoms. The lowest BCUT2D eigenvalue weighted by Gasteiger charge is -2.14. The average Bonchev–Trinajstić information content (AvgIpc) is 2.79. The van der Waals surface area contributed by atoms with Crippen molar-refractivity contribution < 1.29 is 14.3 Å². The number of aliphatic imine (C=N–C) groups is 1. The molecular weight excluding hydrogens is 435 g/mol. The predicted molar refractivity (Wildman–Crippen MR) is 110 cm³/mol. The first-order valence-corrected chi connectivity index (χ1v) is 8.25. The SMILES string of the molecule is CCNC(=NCCC(=O)N(C)C)Nc1ccc2c(c1)OCCCO2.I. The molecule has 2 N–H and O–H groups in total. The molecule has 140 valence electrons. The number of halogens is 1. The van der Waals surface area contributed by atoms with Gasteiger partial charge >= 0.3 is 0 Å². The molecule has 0 spiro atoms. The van der Waals surface area contributed by atoms with Gasteiger partial charge in [0.05, 0.1) is 19.8 Å². The zero-order valence-corrected chi connectivity index (χ0v) is 17.3. The summed E-state index contributed by atoms with van der Waals surface area (Å²) in [6.07, 6.45) is 1.26. The van der Waals surface area contributed by atoms with Crippen molar-refractivity contribution in [3.8, 4) is 11.5 Å². The standard InChI is InChI=1S/C17H26N4O3.HI/c1-4-18-17(19-9-8-16(22)21(2)3)20-13-6-7-14-15(12-13)24-11-5-10-23-14;/h6-7,12H,4-5,8-11H2,1-3H3,(H2,18,19,20);1H. The van der Waals surface area contributed by atoms with E-state index in [1.54, 1.807) is 19.0 Å². The molecule has 25 heavy (non-hydrogen) atoms. The lowest BCUT2D eigenvalue weighted by molar-refractivity contribution is -0.128. The fraction of sp³-hybridized carbons (Fsp3) is 0.529. The first kappa shape index (κ1) is 21.3. The molecule has 0 atom stereocenters. The summed E-state index contributed by atoms with van der Waals surface area (Å²) in [6.45, 7) is 4.48. The van der Waals surface area contributed by atoms with Gasteiger partial charge in [-0.15, -0.1) is 24.0 Å². The molecule has 1 amide bonds. The Morgan fingerprint density at radius 1 is 1.24 bits per heavy atom. The highest BCUT2D eigenvalue weighted by Crippen LogP contribution is 2.32. The molecule has 1 aromatic carbocycles. The number of rotatable bonds is 5. The molecule has 0 saturated heterocycles. The minimum Gasteiger partial charge on any atom is -0.490 e. The molecule has 1 aliphatic heterocycles. The summed E-state index contributed by atoms with van der Waals surface area (Å²) >= 11 is 0. The van der Waals surface area contributed by atoms with Gasteiger partial charge in [0.15, 0.2) is 17.5 Å². The predicted octanol–water partition coefficient (Wildman–Crippen LogP) is 2.32. The molecule has 1 heterocycles. The molecule has 0 saturated carbocycles. The normalized spacial score (nSPS) is 13.3. The van der Waals surface area contributed by atoms with Crippen LogP contribution >= 0.6 is 24.0 Å². The fourth-order valence-corrected chi connectivity index (χ4v) is 2.17. The number of nitrogens with one attached hydrogen (secondary N) is 2. The van der Waals surface area contributed by atoms with Crippen LogP contribution in [0, 0.1) is 0 Å². The number of benzene rings is 1. The maximum atomic E-state index is 11.6. The minimum atomic E-state index is 0. The smallest absolute Gasteiger partial charge is 0.223 e. The summed E-state index contributed by atoms with van der Waals surface area (Å²) in [5, 5.41) is 6.40. The molecule has 1 aliphatic rings. The summed E-state index contributed by atoms with van der Waals surface area (Å²) in [4.78, 5) is 17.6. The number of carbonyl (C=O) groups is 1. The van der Waals surface area contributed by atoms with E-state index in [2.05, 4.69) is 15.6 Å². The van der Waals surface area contributed by atoms with E-state index in [9.17, 15) is 4.79 Å². The van der Waals surface area contributed by atoms with Crippen LogP contribution in [-0.4, -0.2) is 57.2 Å². The van der Waals surface area contributed by atoms with Crippen molar-refractivity contribution >= 4 is 41.5 Å². The largest absolute Gasteiger partial charge is 0.490 e.